The summed E-state index contributed by atoms with van der Waals surface area (Å²) in [5.74, 6) is -3.41. The molecule has 2 fully saturated rings. The first kappa shape index (κ1) is 11.8. The maximum Gasteiger partial charge on any atom is 0.248 e. The van der Waals surface area contributed by atoms with E-state index in [1.807, 2.05) is 0 Å². The van der Waals surface area contributed by atoms with Gasteiger partial charge in [-0.15, -0.1) is 0 Å². The average molecular weight is 233 g/mol. The lowest BCUT2D eigenvalue weighted by Gasteiger charge is -2.32. The SMILES string of the molecule is O=C(C1CCC(F)(F)C1)N1CCCC(O)C1. The smallest absolute Gasteiger partial charge is 0.248 e. The van der Waals surface area contributed by atoms with Gasteiger partial charge in [-0.1, -0.05) is 0 Å². The highest BCUT2D eigenvalue weighted by molar-refractivity contribution is 5.79. The Morgan fingerprint density at radius 3 is 2.69 bits per heavy atom. The molecule has 92 valence electrons. The van der Waals surface area contributed by atoms with Crippen LogP contribution < -0.4 is 0 Å². The summed E-state index contributed by atoms with van der Waals surface area (Å²) < 4.78 is 26.0. The first-order valence-electron chi connectivity index (χ1n) is 5.83. The predicted octanol–water partition coefficient (Wildman–Crippen LogP) is 1.41. The van der Waals surface area contributed by atoms with Crippen LogP contribution in [-0.4, -0.2) is 41.0 Å². The maximum absolute atomic E-state index is 13.0. The molecule has 1 heterocycles. The maximum atomic E-state index is 13.0. The summed E-state index contributed by atoms with van der Waals surface area (Å²) in [6, 6.07) is 0. The zero-order chi connectivity index (χ0) is 11.8. The molecule has 0 aromatic carbocycles. The van der Waals surface area contributed by atoms with Gasteiger partial charge in [0.1, 0.15) is 0 Å². The standard InChI is InChI=1S/C11H17F2NO2/c12-11(13)4-3-8(6-11)10(16)14-5-1-2-9(15)7-14/h8-9,15H,1-7H2. The number of aliphatic hydroxyl groups is 1. The number of rotatable bonds is 1. The fourth-order valence-electron chi connectivity index (χ4n) is 2.57. The minimum Gasteiger partial charge on any atom is -0.391 e. The molecule has 2 aliphatic rings. The molecule has 5 heteroatoms. The largest absolute Gasteiger partial charge is 0.391 e. The molecule has 0 bridgehead atoms. The molecule has 1 aliphatic carbocycles. The van der Waals surface area contributed by atoms with Gasteiger partial charge in [0.2, 0.25) is 11.8 Å². The number of hydrogen-bond donors (Lipinski definition) is 1. The quantitative estimate of drug-likeness (QED) is 0.743. The van der Waals surface area contributed by atoms with E-state index in [4.69, 9.17) is 0 Å². The fourth-order valence-corrected chi connectivity index (χ4v) is 2.57. The number of amides is 1. The number of nitrogens with zero attached hydrogens (tertiary/aromatic N) is 1. The lowest BCUT2D eigenvalue weighted by atomic mass is 10.0. The molecule has 1 N–H and O–H groups in total. The van der Waals surface area contributed by atoms with E-state index in [2.05, 4.69) is 0 Å². The van der Waals surface area contributed by atoms with Crippen molar-refractivity contribution in [3.8, 4) is 0 Å². The van der Waals surface area contributed by atoms with Crippen LogP contribution in [0.15, 0.2) is 0 Å². The van der Waals surface area contributed by atoms with E-state index in [0.717, 1.165) is 6.42 Å². The van der Waals surface area contributed by atoms with Crippen LogP contribution in [0.5, 0.6) is 0 Å². The van der Waals surface area contributed by atoms with Crippen LogP contribution in [0.4, 0.5) is 8.78 Å². The Morgan fingerprint density at radius 1 is 1.38 bits per heavy atom. The van der Waals surface area contributed by atoms with Crippen molar-refractivity contribution in [1.29, 1.82) is 0 Å². The zero-order valence-electron chi connectivity index (χ0n) is 9.16. The third kappa shape index (κ3) is 2.51. The van der Waals surface area contributed by atoms with Gasteiger partial charge in [0, 0.05) is 31.8 Å². The summed E-state index contributed by atoms with van der Waals surface area (Å²) in [7, 11) is 0. The van der Waals surface area contributed by atoms with Gasteiger partial charge in [0.25, 0.3) is 0 Å². The summed E-state index contributed by atoms with van der Waals surface area (Å²) in [4.78, 5) is 13.5. The van der Waals surface area contributed by atoms with Crippen molar-refractivity contribution in [3.63, 3.8) is 0 Å². The number of hydrogen-bond acceptors (Lipinski definition) is 2. The van der Waals surface area contributed by atoms with Gasteiger partial charge >= 0.3 is 0 Å². The Labute approximate surface area is 93.4 Å². The van der Waals surface area contributed by atoms with Gasteiger partial charge in [-0.05, 0) is 19.3 Å². The van der Waals surface area contributed by atoms with Crippen molar-refractivity contribution in [1.82, 2.24) is 4.90 Å². The monoisotopic (exact) mass is 233 g/mol. The molecule has 0 aromatic rings. The molecule has 1 saturated carbocycles. The second kappa shape index (κ2) is 4.28. The number of β-amino-alcohol motifs (C(OH)–C–C–N with tert-alkyl or cyclic N) is 1. The normalized spacial score (nSPS) is 34.1. The Balaban J connectivity index is 1.92. The molecule has 1 saturated heterocycles. The average Bonchev–Trinajstić information content (AvgIpc) is 2.58. The molecule has 2 rings (SSSR count). The van der Waals surface area contributed by atoms with Gasteiger partial charge in [0.05, 0.1) is 6.10 Å². The summed E-state index contributed by atoms with van der Waals surface area (Å²) in [6.07, 6.45) is 0.747. The molecule has 0 radical (unpaired) electrons. The van der Waals surface area contributed by atoms with E-state index >= 15 is 0 Å². The van der Waals surface area contributed by atoms with Gasteiger partial charge in [-0.3, -0.25) is 4.79 Å². The van der Waals surface area contributed by atoms with Crippen LogP contribution in [0, 0.1) is 5.92 Å². The van der Waals surface area contributed by atoms with Crippen LogP contribution in [0.1, 0.15) is 32.1 Å². The minimum atomic E-state index is -2.67. The first-order valence-corrected chi connectivity index (χ1v) is 5.83. The lowest BCUT2D eigenvalue weighted by molar-refractivity contribution is -0.139. The van der Waals surface area contributed by atoms with E-state index in [9.17, 15) is 18.7 Å². The van der Waals surface area contributed by atoms with Gasteiger partial charge in [-0.25, -0.2) is 8.78 Å². The van der Waals surface area contributed by atoms with Crippen molar-refractivity contribution in [2.24, 2.45) is 5.92 Å². The molecular weight excluding hydrogens is 216 g/mol. The molecule has 3 nitrogen and oxygen atoms in total. The van der Waals surface area contributed by atoms with Crippen molar-refractivity contribution in [3.05, 3.63) is 0 Å². The Hall–Kier alpha value is -0.710. The second-order valence-electron chi connectivity index (χ2n) is 4.88. The number of carbonyl (C=O) groups excluding carboxylic acids is 1. The van der Waals surface area contributed by atoms with Crippen LogP contribution in [-0.2, 0) is 4.79 Å². The number of halogens is 2. The molecule has 16 heavy (non-hydrogen) atoms. The zero-order valence-corrected chi connectivity index (χ0v) is 9.16. The molecule has 1 amide bonds. The number of alkyl halides is 2. The van der Waals surface area contributed by atoms with Crippen LogP contribution >= 0.6 is 0 Å². The highest BCUT2D eigenvalue weighted by Gasteiger charge is 2.44. The van der Waals surface area contributed by atoms with E-state index in [1.54, 1.807) is 4.90 Å². The van der Waals surface area contributed by atoms with Gasteiger partial charge < -0.3 is 10.0 Å². The van der Waals surface area contributed by atoms with Crippen LogP contribution in [0.3, 0.4) is 0 Å². The first-order chi connectivity index (χ1) is 7.48. The van der Waals surface area contributed by atoms with Gasteiger partial charge in [0.15, 0.2) is 0 Å². The molecule has 2 atom stereocenters. The van der Waals surface area contributed by atoms with E-state index in [-0.39, 0.29) is 25.2 Å². The highest BCUT2D eigenvalue weighted by Crippen LogP contribution is 2.39. The van der Waals surface area contributed by atoms with Gasteiger partial charge in [-0.2, -0.15) is 0 Å². The summed E-state index contributed by atoms with van der Waals surface area (Å²) in [6.45, 7) is 0.902. The van der Waals surface area contributed by atoms with Crippen molar-refractivity contribution in [2.45, 2.75) is 44.1 Å². The highest BCUT2D eigenvalue weighted by atomic mass is 19.3. The Bertz CT molecular complexity index is 279. The fraction of sp³-hybridized carbons (Fsp3) is 0.909. The van der Waals surface area contributed by atoms with Crippen molar-refractivity contribution >= 4 is 5.91 Å². The van der Waals surface area contributed by atoms with Crippen LogP contribution in [0.25, 0.3) is 0 Å². The minimum absolute atomic E-state index is 0.181. The van der Waals surface area contributed by atoms with Crippen molar-refractivity contribution in [2.75, 3.05) is 13.1 Å². The molecular formula is C11H17F2NO2. The topological polar surface area (TPSA) is 40.5 Å². The van der Waals surface area contributed by atoms with Crippen LogP contribution in [0.2, 0.25) is 0 Å². The third-order valence-electron chi connectivity index (χ3n) is 3.46. The molecule has 0 spiro atoms. The Morgan fingerprint density at radius 2 is 2.12 bits per heavy atom. The number of piperidine rings is 1. The van der Waals surface area contributed by atoms with Crippen molar-refractivity contribution < 1.29 is 18.7 Å². The van der Waals surface area contributed by atoms with E-state index in [0.29, 0.717) is 19.5 Å². The summed E-state index contributed by atoms with van der Waals surface area (Å²) >= 11 is 0. The summed E-state index contributed by atoms with van der Waals surface area (Å²) in [5, 5.41) is 9.43. The lowest BCUT2D eigenvalue weighted by Crippen LogP contribution is -2.44. The third-order valence-corrected chi connectivity index (χ3v) is 3.46. The molecule has 0 aromatic heterocycles. The number of carbonyl (C=O) groups is 1. The number of aliphatic hydroxyl groups excluding tert-OH is 1. The molecule has 2 unspecified atom stereocenters. The predicted molar refractivity (Wildman–Crippen MR) is 54.1 cm³/mol. The Kier molecular flexibility index (Phi) is 3.15. The van der Waals surface area contributed by atoms with E-state index in [1.165, 1.54) is 0 Å². The second-order valence-corrected chi connectivity index (χ2v) is 4.88. The number of likely N-dealkylation sites (tertiary alicyclic amines) is 1. The van der Waals surface area contributed by atoms with E-state index < -0.39 is 17.9 Å². The molecule has 1 aliphatic heterocycles. The summed E-state index contributed by atoms with van der Waals surface area (Å²) in [5.41, 5.74) is 0.